The van der Waals surface area contributed by atoms with Crippen LogP contribution in [0.5, 0.6) is 0 Å². The predicted octanol–water partition coefficient (Wildman–Crippen LogP) is 3.51. The minimum Gasteiger partial charge on any atom is -0.302 e. The van der Waals surface area contributed by atoms with E-state index in [1.54, 1.807) is 10.6 Å². The van der Waals surface area contributed by atoms with E-state index in [1.807, 2.05) is 37.7 Å². The van der Waals surface area contributed by atoms with E-state index in [0.717, 1.165) is 12.8 Å². The van der Waals surface area contributed by atoms with Crippen LogP contribution in [-0.2, 0) is 16.4 Å². The molecule has 2 heterocycles. The highest BCUT2D eigenvalue weighted by Crippen LogP contribution is 2.36. The molecule has 0 fully saturated rings. The highest BCUT2D eigenvalue weighted by molar-refractivity contribution is 9.10. The van der Waals surface area contributed by atoms with E-state index in [1.165, 1.54) is 22.5 Å². The van der Waals surface area contributed by atoms with Crippen molar-refractivity contribution in [2.45, 2.75) is 23.9 Å². The van der Waals surface area contributed by atoms with E-state index in [4.69, 9.17) is 0 Å². The first-order valence-corrected chi connectivity index (χ1v) is 11.0. The molecule has 132 valence electrons. The Labute approximate surface area is 158 Å². The van der Waals surface area contributed by atoms with Crippen LogP contribution in [0, 0.1) is 0 Å². The molecule has 1 aromatic carbocycles. The van der Waals surface area contributed by atoms with Crippen LogP contribution in [0.4, 0.5) is 5.69 Å². The number of aryl methyl sites for hydroxylation is 1. The molecule has 4 rings (SSSR count). The van der Waals surface area contributed by atoms with Crippen molar-refractivity contribution in [1.29, 1.82) is 0 Å². The Morgan fingerprint density at radius 3 is 2.96 bits per heavy atom. The van der Waals surface area contributed by atoms with Gasteiger partial charge in [-0.3, -0.25) is 9.12 Å². The summed E-state index contributed by atoms with van der Waals surface area (Å²) in [7, 11) is 0.342. The molecule has 25 heavy (non-hydrogen) atoms. The van der Waals surface area contributed by atoms with Gasteiger partial charge in [-0.1, -0.05) is 6.07 Å². The van der Waals surface area contributed by atoms with Crippen molar-refractivity contribution < 1.29 is 8.42 Å². The van der Waals surface area contributed by atoms with Gasteiger partial charge in [0, 0.05) is 23.3 Å². The van der Waals surface area contributed by atoms with E-state index < -0.39 is 10.0 Å². The average Bonchev–Trinajstić information content (AvgIpc) is 3.19. The first-order valence-electron chi connectivity index (χ1n) is 7.80. The van der Waals surface area contributed by atoms with Gasteiger partial charge in [-0.15, -0.1) is 11.3 Å². The van der Waals surface area contributed by atoms with Gasteiger partial charge in [-0.2, -0.15) is 8.42 Å². The number of nitrogens with zero attached hydrogens (tertiary/aromatic N) is 3. The molecule has 0 aliphatic heterocycles. The lowest BCUT2D eigenvalue weighted by molar-refractivity contribution is 0.299. The highest BCUT2D eigenvalue weighted by Gasteiger charge is 2.27. The van der Waals surface area contributed by atoms with Crippen molar-refractivity contribution in [2.24, 2.45) is 0 Å². The third-order valence-electron chi connectivity index (χ3n) is 4.50. The molecule has 2 aromatic heterocycles. The molecule has 0 radical (unpaired) electrons. The zero-order valence-electron chi connectivity index (χ0n) is 13.7. The van der Waals surface area contributed by atoms with Crippen molar-refractivity contribution in [3.63, 3.8) is 0 Å². The Morgan fingerprint density at radius 2 is 2.20 bits per heavy atom. The fourth-order valence-electron chi connectivity index (χ4n) is 3.36. The standard InChI is InChI=1S/C16H17BrN4O2S2/c1-20(2)13-6-4-10-3-5-11(9-12(10)13)19-25(22,23)15-14(17)18-16-21(15)7-8-24-16/h3,5,7-9,13,19H,4,6H2,1-2H3. The lowest BCUT2D eigenvalue weighted by Crippen LogP contribution is -2.18. The molecule has 0 saturated heterocycles. The van der Waals surface area contributed by atoms with Gasteiger partial charge in [-0.05, 0) is 66.1 Å². The van der Waals surface area contributed by atoms with Gasteiger partial charge in [-0.25, -0.2) is 4.98 Å². The van der Waals surface area contributed by atoms with Crippen LogP contribution in [0.2, 0.25) is 0 Å². The molecular weight excluding hydrogens is 424 g/mol. The second-order valence-electron chi connectivity index (χ2n) is 6.30. The number of aromatic nitrogens is 2. The van der Waals surface area contributed by atoms with Gasteiger partial charge in [0.05, 0.1) is 0 Å². The number of hydrogen-bond donors (Lipinski definition) is 1. The van der Waals surface area contributed by atoms with E-state index >= 15 is 0 Å². The molecular formula is C16H17BrN4O2S2. The normalized spacial score (nSPS) is 17.4. The Balaban J connectivity index is 1.72. The zero-order chi connectivity index (χ0) is 17.8. The molecule has 1 atom stereocenters. The zero-order valence-corrected chi connectivity index (χ0v) is 16.9. The molecule has 0 saturated carbocycles. The molecule has 1 unspecified atom stereocenters. The largest absolute Gasteiger partial charge is 0.302 e. The molecule has 1 N–H and O–H groups in total. The second kappa shape index (κ2) is 6.08. The van der Waals surface area contributed by atoms with Crippen LogP contribution in [0.3, 0.4) is 0 Å². The number of sulfonamides is 1. The van der Waals surface area contributed by atoms with Gasteiger partial charge in [0.15, 0.2) is 9.99 Å². The molecule has 9 heteroatoms. The van der Waals surface area contributed by atoms with Crippen molar-refractivity contribution in [3.8, 4) is 0 Å². The summed E-state index contributed by atoms with van der Waals surface area (Å²) in [5, 5.41) is 1.93. The van der Waals surface area contributed by atoms with Gasteiger partial charge in [0.25, 0.3) is 10.0 Å². The maximum Gasteiger partial charge on any atom is 0.280 e. The number of halogens is 1. The number of hydrogen-bond acceptors (Lipinski definition) is 5. The monoisotopic (exact) mass is 440 g/mol. The highest BCUT2D eigenvalue weighted by atomic mass is 79.9. The first kappa shape index (κ1) is 17.0. The molecule has 0 spiro atoms. The Hall–Kier alpha value is -1.42. The predicted molar refractivity (Wildman–Crippen MR) is 103 cm³/mol. The van der Waals surface area contributed by atoms with E-state index in [2.05, 4.69) is 30.5 Å². The van der Waals surface area contributed by atoms with E-state index in [9.17, 15) is 8.42 Å². The summed E-state index contributed by atoms with van der Waals surface area (Å²) in [5.74, 6) is 0. The maximum absolute atomic E-state index is 12.9. The quantitative estimate of drug-likeness (QED) is 0.673. The lowest BCUT2D eigenvalue weighted by atomic mass is 10.1. The minimum atomic E-state index is -3.76. The number of benzene rings is 1. The third-order valence-corrected chi connectivity index (χ3v) is 7.48. The van der Waals surface area contributed by atoms with Gasteiger partial charge >= 0.3 is 0 Å². The average molecular weight is 441 g/mol. The van der Waals surface area contributed by atoms with Gasteiger partial charge < -0.3 is 4.90 Å². The lowest BCUT2D eigenvalue weighted by Gasteiger charge is -2.20. The summed E-state index contributed by atoms with van der Waals surface area (Å²) in [5.41, 5.74) is 3.05. The van der Waals surface area contributed by atoms with Gasteiger partial charge in [0.2, 0.25) is 0 Å². The third kappa shape index (κ3) is 2.88. The van der Waals surface area contributed by atoms with Crippen LogP contribution in [0.15, 0.2) is 39.4 Å². The molecule has 6 nitrogen and oxygen atoms in total. The van der Waals surface area contributed by atoms with E-state index in [-0.39, 0.29) is 5.03 Å². The van der Waals surface area contributed by atoms with Crippen LogP contribution < -0.4 is 4.72 Å². The summed E-state index contributed by atoms with van der Waals surface area (Å²) >= 11 is 4.65. The Bertz CT molecular complexity index is 1060. The SMILES string of the molecule is CN(C)C1CCc2ccc(NS(=O)(=O)c3c(Br)nc4sccn34)cc21. The van der Waals surface area contributed by atoms with Crippen LogP contribution in [0.1, 0.15) is 23.6 Å². The van der Waals surface area contributed by atoms with Gasteiger partial charge in [0.1, 0.15) is 4.60 Å². The van der Waals surface area contributed by atoms with Crippen LogP contribution in [-0.4, -0.2) is 36.8 Å². The van der Waals surface area contributed by atoms with Crippen molar-refractivity contribution in [2.75, 3.05) is 18.8 Å². The number of fused-ring (bicyclic) bond motifs is 2. The maximum atomic E-state index is 12.9. The summed E-state index contributed by atoms with van der Waals surface area (Å²) in [6.07, 6.45) is 3.79. The summed E-state index contributed by atoms with van der Waals surface area (Å²) in [6.45, 7) is 0. The number of anilines is 1. The number of thiazole rings is 1. The minimum absolute atomic E-state index is 0.119. The summed E-state index contributed by atoms with van der Waals surface area (Å²) in [6, 6.07) is 6.12. The van der Waals surface area contributed by atoms with Crippen molar-refractivity contribution >= 4 is 47.9 Å². The molecule has 1 aliphatic carbocycles. The number of rotatable bonds is 4. The smallest absolute Gasteiger partial charge is 0.280 e. The topological polar surface area (TPSA) is 66.7 Å². The van der Waals surface area contributed by atoms with Crippen molar-refractivity contribution in [3.05, 3.63) is 45.5 Å². The van der Waals surface area contributed by atoms with Crippen LogP contribution in [0.25, 0.3) is 4.96 Å². The molecule has 3 aromatic rings. The summed E-state index contributed by atoms with van der Waals surface area (Å²) in [4.78, 5) is 7.05. The molecule has 0 amide bonds. The number of imidazole rings is 1. The molecule has 1 aliphatic rings. The molecule has 0 bridgehead atoms. The second-order valence-corrected chi connectivity index (χ2v) is 9.52. The number of nitrogens with one attached hydrogen (secondary N) is 1. The Morgan fingerprint density at radius 1 is 1.40 bits per heavy atom. The first-order chi connectivity index (χ1) is 11.9. The van der Waals surface area contributed by atoms with Crippen LogP contribution >= 0.6 is 27.3 Å². The Kier molecular flexibility index (Phi) is 4.14. The van der Waals surface area contributed by atoms with Crippen molar-refractivity contribution in [1.82, 2.24) is 14.3 Å². The fraction of sp³-hybridized carbons (Fsp3) is 0.312. The fourth-order valence-corrected chi connectivity index (χ4v) is 6.46. The van der Waals surface area contributed by atoms with E-state index in [0.29, 0.717) is 21.3 Å². The summed E-state index contributed by atoms with van der Waals surface area (Å²) < 4.78 is 30.4.